The van der Waals surface area contributed by atoms with Crippen LogP contribution in [0.4, 0.5) is 0 Å². The molecule has 0 amide bonds. The first kappa shape index (κ1) is 16.7. The summed E-state index contributed by atoms with van der Waals surface area (Å²) in [5, 5.41) is 10.2. The highest BCUT2D eigenvalue weighted by Crippen LogP contribution is 2.44. The van der Waals surface area contributed by atoms with Gasteiger partial charge in [0, 0.05) is 16.9 Å². The SMILES string of the molecule is COc1ccc(C2=N[C@@](C)(C(=O)O)C(C(C)C)S2)c(OC)c1. The van der Waals surface area contributed by atoms with Gasteiger partial charge in [0.2, 0.25) is 0 Å². The fraction of sp³-hybridized carbons (Fsp3) is 0.500. The Morgan fingerprint density at radius 3 is 2.50 bits per heavy atom. The van der Waals surface area contributed by atoms with Gasteiger partial charge in [-0.2, -0.15) is 0 Å². The van der Waals surface area contributed by atoms with Crippen molar-refractivity contribution in [3.8, 4) is 11.5 Å². The van der Waals surface area contributed by atoms with Gasteiger partial charge in [0.1, 0.15) is 16.5 Å². The van der Waals surface area contributed by atoms with Gasteiger partial charge in [-0.1, -0.05) is 25.6 Å². The summed E-state index contributed by atoms with van der Waals surface area (Å²) in [6.45, 7) is 5.71. The Balaban J connectivity index is 2.48. The van der Waals surface area contributed by atoms with Crippen LogP contribution < -0.4 is 9.47 Å². The summed E-state index contributed by atoms with van der Waals surface area (Å²) in [5.41, 5.74) is -0.331. The number of hydrogen-bond donors (Lipinski definition) is 1. The molecule has 1 aliphatic rings. The van der Waals surface area contributed by atoms with Gasteiger partial charge in [-0.15, -0.1) is 0 Å². The molecule has 0 aliphatic carbocycles. The van der Waals surface area contributed by atoms with Crippen LogP contribution in [0.15, 0.2) is 23.2 Å². The van der Waals surface area contributed by atoms with Crippen molar-refractivity contribution in [2.45, 2.75) is 31.6 Å². The van der Waals surface area contributed by atoms with E-state index in [1.807, 2.05) is 26.0 Å². The van der Waals surface area contributed by atoms with Gasteiger partial charge in [0.25, 0.3) is 0 Å². The zero-order valence-electron chi connectivity index (χ0n) is 13.4. The van der Waals surface area contributed by atoms with Crippen LogP contribution in [0.25, 0.3) is 0 Å². The molecule has 1 N–H and O–H groups in total. The van der Waals surface area contributed by atoms with Crippen LogP contribution >= 0.6 is 11.8 Å². The fourth-order valence-electron chi connectivity index (χ4n) is 2.59. The molecular formula is C16H21NO4S. The summed E-state index contributed by atoms with van der Waals surface area (Å²) in [6.07, 6.45) is 0. The van der Waals surface area contributed by atoms with Gasteiger partial charge in [-0.05, 0) is 25.0 Å². The summed E-state index contributed by atoms with van der Waals surface area (Å²) in [5.74, 6) is 0.603. The molecule has 2 rings (SSSR count). The van der Waals surface area contributed by atoms with Gasteiger partial charge in [-0.25, -0.2) is 4.79 Å². The third kappa shape index (κ3) is 2.79. The molecular weight excluding hydrogens is 302 g/mol. The van der Waals surface area contributed by atoms with Crippen molar-refractivity contribution in [3.05, 3.63) is 23.8 Å². The molecule has 0 radical (unpaired) electrons. The third-order valence-corrected chi connectivity index (χ3v) is 5.60. The van der Waals surface area contributed by atoms with E-state index >= 15 is 0 Å². The molecule has 6 heteroatoms. The van der Waals surface area contributed by atoms with Gasteiger partial charge in [0.05, 0.1) is 14.2 Å². The first-order valence-corrected chi connectivity index (χ1v) is 7.93. The standard InChI is InChI=1S/C16H21NO4S/c1-9(2)13-16(3,15(18)19)17-14(22-13)11-7-6-10(20-4)8-12(11)21-5/h6-9,13H,1-5H3,(H,18,19)/t13?,16-/m1/s1. The van der Waals surface area contributed by atoms with Crippen LogP contribution in [0.5, 0.6) is 11.5 Å². The average Bonchev–Trinajstić information content (AvgIpc) is 2.86. The van der Waals surface area contributed by atoms with E-state index in [1.165, 1.54) is 11.8 Å². The van der Waals surface area contributed by atoms with Crippen molar-refractivity contribution in [1.29, 1.82) is 0 Å². The third-order valence-electron chi connectivity index (χ3n) is 3.80. The minimum absolute atomic E-state index is 0.119. The monoisotopic (exact) mass is 323 g/mol. The number of rotatable bonds is 5. The van der Waals surface area contributed by atoms with Crippen LogP contribution in [0.2, 0.25) is 0 Å². The summed E-state index contributed by atoms with van der Waals surface area (Å²) < 4.78 is 10.6. The minimum Gasteiger partial charge on any atom is -0.497 e. The Morgan fingerprint density at radius 2 is 2.05 bits per heavy atom. The van der Waals surface area contributed by atoms with E-state index in [1.54, 1.807) is 27.2 Å². The lowest BCUT2D eigenvalue weighted by atomic mass is 9.91. The van der Waals surface area contributed by atoms with Crippen LogP contribution in [-0.4, -0.2) is 41.1 Å². The second-order valence-corrected chi connectivity index (χ2v) is 6.85. The van der Waals surface area contributed by atoms with Gasteiger partial charge >= 0.3 is 5.97 Å². The smallest absolute Gasteiger partial charge is 0.332 e. The van der Waals surface area contributed by atoms with E-state index in [2.05, 4.69) is 4.99 Å². The summed E-state index contributed by atoms with van der Waals surface area (Å²) in [4.78, 5) is 16.2. The molecule has 1 heterocycles. The van der Waals surface area contributed by atoms with Crippen molar-refractivity contribution in [2.24, 2.45) is 10.9 Å². The fourth-order valence-corrected chi connectivity index (χ4v) is 4.02. The molecule has 0 spiro atoms. The maximum atomic E-state index is 11.7. The van der Waals surface area contributed by atoms with Crippen LogP contribution in [0.1, 0.15) is 26.3 Å². The van der Waals surface area contributed by atoms with E-state index in [9.17, 15) is 9.90 Å². The topological polar surface area (TPSA) is 68.1 Å². The Bertz CT molecular complexity index is 614. The summed E-state index contributed by atoms with van der Waals surface area (Å²) >= 11 is 1.50. The molecule has 2 atom stereocenters. The number of methoxy groups -OCH3 is 2. The lowest BCUT2D eigenvalue weighted by molar-refractivity contribution is -0.142. The van der Waals surface area contributed by atoms with E-state index in [4.69, 9.17) is 9.47 Å². The second kappa shape index (κ2) is 6.20. The number of carboxylic acid groups (broad SMARTS) is 1. The lowest BCUT2D eigenvalue weighted by Crippen LogP contribution is -2.43. The number of hydrogen-bond acceptors (Lipinski definition) is 5. The highest BCUT2D eigenvalue weighted by molar-refractivity contribution is 8.15. The van der Waals surface area contributed by atoms with Crippen LogP contribution in [0.3, 0.4) is 0 Å². The molecule has 1 aromatic rings. The number of thioether (sulfide) groups is 1. The van der Waals surface area contributed by atoms with E-state index < -0.39 is 11.5 Å². The number of benzene rings is 1. The molecule has 22 heavy (non-hydrogen) atoms. The molecule has 120 valence electrons. The van der Waals surface area contributed by atoms with Crippen molar-refractivity contribution >= 4 is 22.8 Å². The number of carboxylic acids is 1. The largest absolute Gasteiger partial charge is 0.497 e. The van der Waals surface area contributed by atoms with Crippen molar-refractivity contribution in [2.75, 3.05) is 14.2 Å². The normalized spacial score (nSPS) is 24.3. The molecule has 1 aromatic carbocycles. The van der Waals surface area contributed by atoms with Crippen LogP contribution in [0, 0.1) is 5.92 Å². The first-order chi connectivity index (χ1) is 10.3. The van der Waals surface area contributed by atoms with E-state index in [-0.39, 0.29) is 11.2 Å². The molecule has 0 aromatic heterocycles. The molecule has 1 aliphatic heterocycles. The predicted molar refractivity (Wildman–Crippen MR) is 88.3 cm³/mol. The molecule has 0 saturated heterocycles. The predicted octanol–water partition coefficient (Wildman–Crippen LogP) is 3.07. The first-order valence-electron chi connectivity index (χ1n) is 7.05. The average molecular weight is 323 g/mol. The zero-order valence-corrected chi connectivity index (χ0v) is 14.2. The Labute approximate surface area is 134 Å². The second-order valence-electron chi connectivity index (χ2n) is 5.72. The molecule has 0 fully saturated rings. The lowest BCUT2D eigenvalue weighted by Gasteiger charge is -2.26. The Hall–Kier alpha value is -1.69. The molecule has 0 saturated carbocycles. The van der Waals surface area contributed by atoms with Crippen molar-refractivity contribution in [3.63, 3.8) is 0 Å². The molecule has 0 bridgehead atoms. The number of aliphatic imine (C=N–C) groups is 1. The number of aliphatic carboxylic acids is 1. The zero-order chi connectivity index (χ0) is 16.5. The molecule has 5 nitrogen and oxygen atoms in total. The number of carbonyl (C=O) groups is 1. The number of nitrogens with zero attached hydrogens (tertiary/aromatic N) is 1. The van der Waals surface area contributed by atoms with E-state index in [0.717, 1.165) is 5.56 Å². The highest BCUT2D eigenvalue weighted by Gasteiger charge is 2.49. The summed E-state index contributed by atoms with van der Waals surface area (Å²) in [7, 11) is 3.17. The maximum absolute atomic E-state index is 11.7. The highest BCUT2D eigenvalue weighted by atomic mass is 32.2. The quantitative estimate of drug-likeness (QED) is 0.902. The Kier molecular flexibility index (Phi) is 4.70. The Morgan fingerprint density at radius 1 is 1.36 bits per heavy atom. The van der Waals surface area contributed by atoms with Crippen molar-refractivity contribution in [1.82, 2.24) is 0 Å². The van der Waals surface area contributed by atoms with E-state index in [0.29, 0.717) is 16.5 Å². The maximum Gasteiger partial charge on any atom is 0.332 e. The van der Waals surface area contributed by atoms with Gasteiger partial charge < -0.3 is 14.6 Å². The number of ether oxygens (including phenoxy) is 2. The minimum atomic E-state index is -1.13. The van der Waals surface area contributed by atoms with Crippen molar-refractivity contribution < 1.29 is 19.4 Å². The van der Waals surface area contributed by atoms with Gasteiger partial charge in [-0.3, -0.25) is 4.99 Å². The van der Waals surface area contributed by atoms with Gasteiger partial charge in [0.15, 0.2) is 5.54 Å². The summed E-state index contributed by atoms with van der Waals surface area (Å²) in [6, 6.07) is 5.45. The molecule has 1 unspecified atom stereocenters. The van der Waals surface area contributed by atoms with Crippen LogP contribution in [-0.2, 0) is 4.79 Å².